The number of amides is 1. The van der Waals surface area contributed by atoms with Crippen molar-refractivity contribution in [1.82, 2.24) is 24.4 Å². The number of aromatic amines is 1. The lowest BCUT2D eigenvalue weighted by Gasteiger charge is -2.32. The number of carbonyl (C=O) groups is 1. The van der Waals surface area contributed by atoms with Gasteiger partial charge in [0.05, 0.1) is 11.9 Å². The standard InChI is InChI=1S/C20H21N5O4/c1-23-4-6-24(7-5-23)20(27)14-12-21-25-18(26)11-15(22-19(14)25)13-2-3-16-17(10-13)29-9-8-28-16/h2-3,10-12,22H,4-9H2,1H3. The summed E-state index contributed by atoms with van der Waals surface area (Å²) in [5.41, 5.74) is 1.85. The molecule has 2 aliphatic rings. The fraction of sp³-hybridized carbons (Fsp3) is 0.350. The van der Waals surface area contributed by atoms with Gasteiger partial charge in [-0.2, -0.15) is 9.61 Å². The van der Waals surface area contributed by atoms with Crippen LogP contribution in [0.5, 0.6) is 11.5 Å². The number of fused-ring (bicyclic) bond motifs is 2. The molecule has 3 aromatic rings. The van der Waals surface area contributed by atoms with E-state index in [1.807, 2.05) is 25.2 Å². The van der Waals surface area contributed by atoms with Crippen LogP contribution in [0.2, 0.25) is 0 Å². The SMILES string of the molecule is CN1CCN(C(=O)c2cnn3c(=O)cc(-c4ccc5c(c4)OCCO5)[nH]c23)CC1. The molecule has 1 amide bonds. The molecule has 4 heterocycles. The summed E-state index contributed by atoms with van der Waals surface area (Å²) in [7, 11) is 2.04. The lowest BCUT2D eigenvalue weighted by Crippen LogP contribution is -2.47. The largest absolute Gasteiger partial charge is 0.486 e. The highest BCUT2D eigenvalue weighted by Gasteiger charge is 2.24. The van der Waals surface area contributed by atoms with Crippen LogP contribution in [0, 0.1) is 0 Å². The fourth-order valence-electron chi connectivity index (χ4n) is 3.69. The van der Waals surface area contributed by atoms with Crippen molar-refractivity contribution < 1.29 is 14.3 Å². The van der Waals surface area contributed by atoms with Crippen molar-refractivity contribution in [2.24, 2.45) is 0 Å². The van der Waals surface area contributed by atoms with Crippen molar-refractivity contribution in [3.63, 3.8) is 0 Å². The minimum absolute atomic E-state index is 0.122. The quantitative estimate of drug-likeness (QED) is 0.692. The summed E-state index contributed by atoms with van der Waals surface area (Å²) in [5.74, 6) is 1.19. The molecule has 1 fully saturated rings. The summed E-state index contributed by atoms with van der Waals surface area (Å²) in [6, 6.07) is 6.97. The van der Waals surface area contributed by atoms with Crippen LogP contribution in [0.25, 0.3) is 16.9 Å². The van der Waals surface area contributed by atoms with E-state index in [2.05, 4.69) is 15.0 Å². The number of benzene rings is 1. The van der Waals surface area contributed by atoms with E-state index in [0.29, 0.717) is 54.7 Å². The Kier molecular flexibility index (Phi) is 4.24. The van der Waals surface area contributed by atoms with E-state index in [4.69, 9.17) is 9.47 Å². The van der Waals surface area contributed by atoms with E-state index in [-0.39, 0.29) is 11.5 Å². The van der Waals surface area contributed by atoms with E-state index < -0.39 is 0 Å². The van der Waals surface area contributed by atoms with E-state index in [0.717, 1.165) is 18.7 Å². The third-order valence-electron chi connectivity index (χ3n) is 5.37. The number of nitrogens with zero attached hydrogens (tertiary/aromatic N) is 4. The Labute approximate surface area is 166 Å². The first-order valence-corrected chi connectivity index (χ1v) is 9.59. The van der Waals surface area contributed by atoms with Gasteiger partial charge in [-0.3, -0.25) is 9.59 Å². The zero-order chi connectivity index (χ0) is 20.0. The predicted octanol–water partition coefficient (Wildman–Crippen LogP) is 0.848. The van der Waals surface area contributed by atoms with Crippen molar-refractivity contribution in [3.8, 4) is 22.8 Å². The highest BCUT2D eigenvalue weighted by atomic mass is 16.6. The van der Waals surface area contributed by atoms with Gasteiger partial charge >= 0.3 is 0 Å². The van der Waals surface area contributed by atoms with Gasteiger partial charge in [0.2, 0.25) is 0 Å². The van der Waals surface area contributed by atoms with Gasteiger partial charge in [-0.05, 0) is 25.2 Å². The molecule has 0 saturated carbocycles. The lowest BCUT2D eigenvalue weighted by molar-refractivity contribution is 0.0666. The second kappa shape index (κ2) is 6.93. The summed E-state index contributed by atoms with van der Waals surface area (Å²) < 4.78 is 12.4. The van der Waals surface area contributed by atoms with Gasteiger partial charge in [0.1, 0.15) is 18.8 Å². The topological polar surface area (TPSA) is 92.2 Å². The van der Waals surface area contributed by atoms with Crippen LogP contribution in [0.15, 0.2) is 35.3 Å². The lowest BCUT2D eigenvalue weighted by atomic mass is 10.1. The van der Waals surface area contributed by atoms with Crippen molar-refractivity contribution in [2.75, 3.05) is 46.4 Å². The first-order chi connectivity index (χ1) is 14.1. The molecule has 5 rings (SSSR count). The maximum Gasteiger partial charge on any atom is 0.274 e. The number of rotatable bonds is 2. The maximum absolute atomic E-state index is 13.0. The van der Waals surface area contributed by atoms with Crippen molar-refractivity contribution in [1.29, 1.82) is 0 Å². The number of hydrogen-bond acceptors (Lipinski definition) is 6. The molecule has 0 spiro atoms. The molecule has 2 aliphatic heterocycles. The number of likely N-dealkylation sites (N-methyl/N-ethyl adjacent to an activating group) is 1. The summed E-state index contributed by atoms with van der Waals surface area (Å²) in [5, 5.41) is 4.12. The zero-order valence-electron chi connectivity index (χ0n) is 16.1. The molecule has 0 aliphatic carbocycles. The van der Waals surface area contributed by atoms with E-state index in [1.54, 1.807) is 4.90 Å². The number of aromatic nitrogens is 3. The van der Waals surface area contributed by atoms with Crippen LogP contribution in [0.4, 0.5) is 0 Å². The number of nitrogens with one attached hydrogen (secondary N) is 1. The monoisotopic (exact) mass is 395 g/mol. The minimum atomic E-state index is -0.305. The molecule has 0 atom stereocenters. The molecule has 150 valence electrons. The normalized spacial score (nSPS) is 16.9. The van der Waals surface area contributed by atoms with Crippen LogP contribution in [-0.4, -0.2) is 76.7 Å². The fourth-order valence-corrected chi connectivity index (χ4v) is 3.69. The van der Waals surface area contributed by atoms with Gasteiger partial charge in [-0.1, -0.05) is 0 Å². The van der Waals surface area contributed by atoms with Crippen molar-refractivity contribution >= 4 is 11.6 Å². The van der Waals surface area contributed by atoms with Gasteiger partial charge in [-0.15, -0.1) is 0 Å². The second-order valence-electron chi connectivity index (χ2n) is 7.29. The third kappa shape index (κ3) is 3.13. The zero-order valence-corrected chi connectivity index (χ0v) is 16.1. The molecule has 29 heavy (non-hydrogen) atoms. The molecule has 1 N–H and O–H groups in total. The van der Waals surface area contributed by atoms with E-state index >= 15 is 0 Å². The number of H-pyrrole nitrogens is 1. The Morgan fingerprint density at radius 2 is 1.83 bits per heavy atom. The molecule has 0 radical (unpaired) electrons. The first kappa shape index (κ1) is 17.7. The minimum Gasteiger partial charge on any atom is -0.486 e. The summed E-state index contributed by atoms with van der Waals surface area (Å²) >= 11 is 0. The summed E-state index contributed by atoms with van der Waals surface area (Å²) in [4.78, 5) is 32.8. The van der Waals surface area contributed by atoms with Gasteiger partial charge < -0.3 is 24.3 Å². The highest BCUT2D eigenvalue weighted by Crippen LogP contribution is 2.33. The Hall–Kier alpha value is -3.33. The molecule has 9 heteroatoms. The van der Waals surface area contributed by atoms with Gasteiger partial charge in [0, 0.05) is 37.8 Å². The van der Waals surface area contributed by atoms with E-state index in [9.17, 15) is 9.59 Å². The van der Waals surface area contributed by atoms with Crippen LogP contribution < -0.4 is 15.0 Å². The molecule has 2 aromatic heterocycles. The summed E-state index contributed by atoms with van der Waals surface area (Å²) in [6.07, 6.45) is 1.46. The number of ether oxygens (including phenoxy) is 2. The molecule has 9 nitrogen and oxygen atoms in total. The van der Waals surface area contributed by atoms with Crippen molar-refractivity contribution in [2.45, 2.75) is 0 Å². The van der Waals surface area contributed by atoms with Gasteiger partial charge in [-0.25, -0.2) is 0 Å². The van der Waals surface area contributed by atoms with Crippen molar-refractivity contribution in [3.05, 3.63) is 46.4 Å². The molecule has 1 aromatic carbocycles. The average molecular weight is 395 g/mol. The molecular weight excluding hydrogens is 374 g/mol. The Balaban J connectivity index is 1.54. The number of carbonyl (C=O) groups excluding carboxylic acids is 1. The Bertz CT molecular complexity index is 1140. The number of hydrogen-bond donors (Lipinski definition) is 1. The van der Waals surface area contributed by atoms with Crippen LogP contribution in [0.1, 0.15) is 10.4 Å². The smallest absolute Gasteiger partial charge is 0.274 e. The van der Waals surface area contributed by atoms with Crippen LogP contribution >= 0.6 is 0 Å². The second-order valence-corrected chi connectivity index (χ2v) is 7.29. The molecule has 1 saturated heterocycles. The molecule has 0 bridgehead atoms. The predicted molar refractivity (Wildman–Crippen MR) is 106 cm³/mol. The molecular formula is C20H21N5O4. The maximum atomic E-state index is 13.0. The molecule has 0 unspecified atom stereocenters. The first-order valence-electron chi connectivity index (χ1n) is 9.59. The summed E-state index contributed by atoms with van der Waals surface area (Å²) in [6.45, 7) is 3.95. The number of piperazine rings is 1. The van der Waals surface area contributed by atoms with Gasteiger partial charge in [0.15, 0.2) is 17.1 Å². The van der Waals surface area contributed by atoms with Crippen LogP contribution in [-0.2, 0) is 0 Å². The third-order valence-corrected chi connectivity index (χ3v) is 5.37. The highest BCUT2D eigenvalue weighted by molar-refractivity contribution is 5.99. The van der Waals surface area contributed by atoms with Gasteiger partial charge in [0.25, 0.3) is 11.5 Å². The van der Waals surface area contributed by atoms with Crippen LogP contribution in [0.3, 0.4) is 0 Å². The Morgan fingerprint density at radius 3 is 2.62 bits per heavy atom. The average Bonchev–Trinajstić information content (AvgIpc) is 3.18. The van der Waals surface area contributed by atoms with E-state index in [1.165, 1.54) is 16.8 Å². The Morgan fingerprint density at radius 1 is 1.07 bits per heavy atom.